The largest absolute Gasteiger partial charge is 0.395 e. The minimum atomic E-state index is -0.102. The van der Waals surface area contributed by atoms with Crippen LogP contribution in [0.15, 0.2) is 29.2 Å². The molecule has 0 fully saturated rings. The molecule has 1 N–H and O–H groups in total. The van der Waals surface area contributed by atoms with Crippen molar-refractivity contribution in [3.05, 3.63) is 29.8 Å². The Labute approximate surface area is 88.8 Å². The maximum absolute atomic E-state index is 11.7. The number of benzene rings is 1. The van der Waals surface area contributed by atoms with Crippen molar-refractivity contribution in [2.24, 2.45) is 0 Å². The van der Waals surface area contributed by atoms with Crippen LogP contribution in [0.5, 0.6) is 0 Å². The number of amides is 1. The number of hydrogen-bond donors (Lipinski definition) is 2. The van der Waals surface area contributed by atoms with Crippen molar-refractivity contribution in [3.63, 3.8) is 0 Å². The van der Waals surface area contributed by atoms with Crippen LogP contribution in [-0.4, -0.2) is 36.1 Å². The van der Waals surface area contributed by atoms with Crippen molar-refractivity contribution in [2.75, 3.05) is 20.2 Å². The van der Waals surface area contributed by atoms with Gasteiger partial charge in [-0.25, -0.2) is 0 Å². The van der Waals surface area contributed by atoms with E-state index in [0.29, 0.717) is 12.1 Å². The van der Waals surface area contributed by atoms with Crippen LogP contribution in [0.1, 0.15) is 10.4 Å². The average molecular weight is 211 g/mol. The number of likely N-dealkylation sites (N-methyl/N-ethyl adjacent to an activating group) is 1. The van der Waals surface area contributed by atoms with Gasteiger partial charge < -0.3 is 10.0 Å². The molecule has 76 valence electrons. The molecule has 0 heterocycles. The van der Waals surface area contributed by atoms with E-state index in [4.69, 9.17) is 5.11 Å². The summed E-state index contributed by atoms with van der Waals surface area (Å²) in [6.07, 6.45) is 0. The van der Waals surface area contributed by atoms with Crippen molar-refractivity contribution in [1.82, 2.24) is 4.90 Å². The van der Waals surface area contributed by atoms with Gasteiger partial charge in [0.2, 0.25) is 0 Å². The zero-order valence-corrected chi connectivity index (χ0v) is 8.87. The number of carbonyl (C=O) groups excluding carboxylic acids is 1. The van der Waals surface area contributed by atoms with Crippen molar-refractivity contribution in [2.45, 2.75) is 4.90 Å². The van der Waals surface area contributed by atoms with Crippen LogP contribution < -0.4 is 0 Å². The third-order valence-electron chi connectivity index (χ3n) is 1.88. The first-order valence-corrected chi connectivity index (χ1v) is 4.75. The van der Waals surface area contributed by atoms with Crippen molar-refractivity contribution in [3.8, 4) is 0 Å². The summed E-state index contributed by atoms with van der Waals surface area (Å²) in [7, 11) is 1.66. The molecule has 0 aromatic heterocycles. The van der Waals surface area contributed by atoms with E-state index in [1.807, 2.05) is 6.07 Å². The monoisotopic (exact) mass is 211 g/mol. The maximum Gasteiger partial charge on any atom is 0.253 e. The molecule has 0 saturated heterocycles. The van der Waals surface area contributed by atoms with E-state index in [1.54, 1.807) is 25.2 Å². The highest BCUT2D eigenvalue weighted by Crippen LogP contribution is 2.10. The minimum absolute atomic E-state index is 0.0250. The van der Waals surface area contributed by atoms with Crippen LogP contribution in [0.25, 0.3) is 0 Å². The third-order valence-corrected chi connectivity index (χ3v) is 2.15. The fourth-order valence-electron chi connectivity index (χ4n) is 1.11. The summed E-state index contributed by atoms with van der Waals surface area (Å²) in [5.41, 5.74) is 0.591. The number of rotatable bonds is 3. The normalized spacial score (nSPS) is 9.93. The predicted molar refractivity (Wildman–Crippen MR) is 57.7 cm³/mol. The lowest BCUT2D eigenvalue weighted by molar-refractivity contribution is 0.0766. The molecular formula is C10H13NO2S. The molecule has 1 aromatic rings. The molecule has 0 bridgehead atoms. The van der Waals surface area contributed by atoms with Crippen LogP contribution in [-0.2, 0) is 0 Å². The third kappa shape index (κ3) is 2.75. The predicted octanol–water partition coefficient (Wildman–Crippen LogP) is 1.04. The van der Waals surface area contributed by atoms with Gasteiger partial charge in [0, 0.05) is 24.1 Å². The van der Waals surface area contributed by atoms with Gasteiger partial charge in [0.05, 0.1) is 6.61 Å². The second-order valence-electron chi connectivity index (χ2n) is 3.00. The molecule has 0 radical (unpaired) electrons. The van der Waals surface area contributed by atoms with Crippen LogP contribution in [0.4, 0.5) is 0 Å². The van der Waals surface area contributed by atoms with E-state index in [2.05, 4.69) is 12.6 Å². The molecule has 0 atom stereocenters. The first-order chi connectivity index (χ1) is 6.65. The first-order valence-electron chi connectivity index (χ1n) is 4.30. The van der Waals surface area contributed by atoms with Gasteiger partial charge in [-0.2, -0.15) is 0 Å². The first kappa shape index (κ1) is 11.1. The highest BCUT2D eigenvalue weighted by molar-refractivity contribution is 7.80. The lowest BCUT2D eigenvalue weighted by Gasteiger charge is -2.15. The van der Waals surface area contributed by atoms with Crippen LogP contribution >= 0.6 is 12.6 Å². The summed E-state index contributed by atoms with van der Waals surface area (Å²) in [6, 6.07) is 7.03. The number of carbonyl (C=O) groups is 1. The Morgan fingerprint density at radius 1 is 1.57 bits per heavy atom. The van der Waals surface area contributed by atoms with Crippen LogP contribution in [0.2, 0.25) is 0 Å². The van der Waals surface area contributed by atoms with Crippen molar-refractivity contribution in [1.29, 1.82) is 0 Å². The van der Waals surface area contributed by atoms with E-state index in [1.165, 1.54) is 4.90 Å². The second kappa shape index (κ2) is 5.02. The Bertz CT molecular complexity index is 328. The molecular weight excluding hydrogens is 198 g/mol. The molecule has 1 aromatic carbocycles. The molecule has 0 saturated carbocycles. The van der Waals surface area contributed by atoms with E-state index < -0.39 is 0 Å². The zero-order chi connectivity index (χ0) is 10.6. The summed E-state index contributed by atoms with van der Waals surface area (Å²) in [6.45, 7) is 0.318. The summed E-state index contributed by atoms with van der Waals surface area (Å²) in [5, 5.41) is 8.68. The van der Waals surface area contributed by atoms with Crippen molar-refractivity contribution < 1.29 is 9.90 Å². The molecule has 0 spiro atoms. The fourth-order valence-corrected chi connectivity index (χ4v) is 1.34. The van der Waals surface area contributed by atoms with Crippen LogP contribution in [0, 0.1) is 0 Å². The van der Waals surface area contributed by atoms with Gasteiger partial charge in [0.1, 0.15) is 0 Å². The van der Waals surface area contributed by atoms with Crippen molar-refractivity contribution >= 4 is 18.5 Å². The van der Waals surface area contributed by atoms with E-state index in [9.17, 15) is 4.79 Å². The van der Waals surface area contributed by atoms with Gasteiger partial charge in [-0.05, 0) is 18.2 Å². The molecule has 14 heavy (non-hydrogen) atoms. The topological polar surface area (TPSA) is 40.5 Å². The Morgan fingerprint density at radius 2 is 2.29 bits per heavy atom. The van der Waals surface area contributed by atoms with Gasteiger partial charge in [0.25, 0.3) is 5.91 Å². The number of aliphatic hydroxyl groups excluding tert-OH is 1. The second-order valence-corrected chi connectivity index (χ2v) is 3.52. The van der Waals surface area contributed by atoms with Gasteiger partial charge in [-0.15, -0.1) is 12.6 Å². The summed E-state index contributed by atoms with van der Waals surface area (Å²) < 4.78 is 0. The van der Waals surface area contributed by atoms with E-state index in [0.717, 1.165) is 4.90 Å². The van der Waals surface area contributed by atoms with E-state index >= 15 is 0 Å². The lowest BCUT2D eigenvalue weighted by Crippen LogP contribution is -2.29. The van der Waals surface area contributed by atoms with Gasteiger partial charge in [0.15, 0.2) is 0 Å². The molecule has 0 aliphatic heterocycles. The molecule has 0 aliphatic carbocycles. The average Bonchev–Trinajstić information content (AvgIpc) is 2.17. The molecule has 4 heteroatoms. The Hall–Kier alpha value is -1.00. The number of thiol groups is 1. The number of nitrogens with zero attached hydrogens (tertiary/aromatic N) is 1. The van der Waals surface area contributed by atoms with Gasteiger partial charge in [-0.3, -0.25) is 4.79 Å². The molecule has 1 amide bonds. The number of aliphatic hydroxyl groups is 1. The quantitative estimate of drug-likeness (QED) is 0.733. The minimum Gasteiger partial charge on any atom is -0.395 e. The van der Waals surface area contributed by atoms with Gasteiger partial charge >= 0.3 is 0 Å². The summed E-state index contributed by atoms with van der Waals surface area (Å²) >= 11 is 4.15. The van der Waals surface area contributed by atoms with E-state index in [-0.39, 0.29) is 12.5 Å². The lowest BCUT2D eigenvalue weighted by atomic mass is 10.2. The highest BCUT2D eigenvalue weighted by Gasteiger charge is 2.10. The smallest absolute Gasteiger partial charge is 0.253 e. The summed E-state index contributed by atoms with van der Waals surface area (Å²) in [5.74, 6) is -0.102. The van der Waals surface area contributed by atoms with Gasteiger partial charge in [-0.1, -0.05) is 6.07 Å². The molecule has 1 rings (SSSR count). The SMILES string of the molecule is CN(CCO)C(=O)c1cccc(S)c1. The Morgan fingerprint density at radius 3 is 2.86 bits per heavy atom. The Balaban J connectivity index is 2.78. The molecule has 3 nitrogen and oxygen atoms in total. The maximum atomic E-state index is 11.7. The summed E-state index contributed by atoms with van der Waals surface area (Å²) in [4.78, 5) is 13.9. The Kier molecular flexibility index (Phi) is 3.98. The molecule has 0 unspecified atom stereocenters. The fraction of sp³-hybridized carbons (Fsp3) is 0.300. The number of hydrogen-bond acceptors (Lipinski definition) is 3. The zero-order valence-electron chi connectivity index (χ0n) is 7.97. The standard InChI is InChI=1S/C10H13NO2S/c1-11(5-6-12)10(13)8-3-2-4-9(14)7-8/h2-4,7,12,14H,5-6H2,1H3. The molecule has 0 aliphatic rings. The van der Waals surface area contributed by atoms with Crippen LogP contribution in [0.3, 0.4) is 0 Å². The highest BCUT2D eigenvalue weighted by atomic mass is 32.1.